The van der Waals surface area contributed by atoms with Gasteiger partial charge in [-0.2, -0.15) is 0 Å². The second-order valence-electron chi connectivity index (χ2n) is 20.1. The minimum atomic E-state index is -0.656. The molecule has 4 nitrogen and oxygen atoms in total. The van der Waals surface area contributed by atoms with Gasteiger partial charge in [0.25, 0.3) is 0 Å². The average Bonchev–Trinajstić information content (AvgIpc) is 3.29. The van der Waals surface area contributed by atoms with Crippen LogP contribution in [0.3, 0.4) is 0 Å². The van der Waals surface area contributed by atoms with Crippen molar-refractivity contribution in [3.8, 4) is 0 Å². The molecule has 0 rings (SSSR count). The van der Waals surface area contributed by atoms with Crippen LogP contribution >= 0.6 is 0 Å². The summed E-state index contributed by atoms with van der Waals surface area (Å²) in [5.41, 5.74) is 0. The molecule has 2 atom stereocenters. The SMILES string of the molecule is CCCCCCCCCCCCCCCCC/C=C\C/C=C\CCCCCCCCCCCCCCCCCCCC(=O)NC(CO)C(O)CCCCCCCCCCCCCC. The lowest BCUT2D eigenvalue weighted by Gasteiger charge is -2.22. The van der Waals surface area contributed by atoms with E-state index >= 15 is 0 Å². The Morgan fingerprint density at radius 2 is 0.651 bits per heavy atom. The van der Waals surface area contributed by atoms with Crippen LogP contribution < -0.4 is 5.32 Å². The number of amides is 1. The van der Waals surface area contributed by atoms with E-state index in [1.807, 2.05) is 0 Å². The van der Waals surface area contributed by atoms with Crippen LogP contribution in [-0.2, 0) is 4.79 Å². The summed E-state index contributed by atoms with van der Waals surface area (Å²) in [5, 5.41) is 23.2. The average molecular weight is 887 g/mol. The molecule has 0 radical (unpaired) electrons. The molecule has 0 bridgehead atoms. The molecular formula is C59H115NO3. The van der Waals surface area contributed by atoms with Crippen molar-refractivity contribution in [1.82, 2.24) is 5.32 Å². The standard InChI is InChI=1S/C59H115NO3/c1-3-5-7-9-11-13-15-17-18-19-20-21-22-23-24-25-26-27-28-29-30-31-32-33-34-35-36-37-38-39-40-41-42-43-45-47-49-51-53-55-59(63)60-57(56-61)58(62)54-52-50-48-46-44-16-14-12-10-8-6-4-2/h26-27,29-30,57-58,61-62H,3-25,28,31-56H2,1-2H3,(H,60,63)/b27-26-,30-29-. The van der Waals surface area contributed by atoms with E-state index in [1.165, 1.54) is 270 Å². The van der Waals surface area contributed by atoms with Crippen molar-refractivity contribution in [3.63, 3.8) is 0 Å². The van der Waals surface area contributed by atoms with Gasteiger partial charge in [0, 0.05) is 6.42 Å². The Balaban J connectivity index is 3.37. The van der Waals surface area contributed by atoms with Gasteiger partial charge in [0.05, 0.1) is 18.8 Å². The molecule has 0 aromatic heterocycles. The van der Waals surface area contributed by atoms with Gasteiger partial charge >= 0.3 is 0 Å². The molecule has 0 spiro atoms. The van der Waals surface area contributed by atoms with E-state index in [4.69, 9.17) is 0 Å². The fourth-order valence-corrected chi connectivity index (χ4v) is 9.28. The molecule has 0 fully saturated rings. The van der Waals surface area contributed by atoms with Crippen LogP contribution in [0.5, 0.6) is 0 Å². The van der Waals surface area contributed by atoms with E-state index in [0.717, 1.165) is 32.1 Å². The van der Waals surface area contributed by atoms with Crippen molar-refractivity contribution < 1.29 is 15.0 Å². The Hall–Kier alpha value is -1.13. The minimum Gasteiger partial charge on any atom is -0.394 e. The van der Waals surface area contributed by atoms with E-state index in [2.05, 4.69) is 43.5 Å². The van der Waals surface area contributed by atoms with Gasteiger partial charge in [-0.05, 0) is 44.9 Å². The zero-order valence-electron chi connectivity index (χ0n) is 43.1. The highest BCUT2D eigenvalue weighted by Gasteiger charge is 2.20. The molecule has 0 saturated carbocycles. The van der Waals surface area contributed by atoms with Gasteiger partial charge < -0.3 is 15.5 Å². The second kappa shape index (κ2) is 55.2. The Bertz CT molecular complexity index is 916. The fraction of sp³-hybridized carbons (Fsp3) is 0.915. The van der Waals surface area contributed by atoms with Crippen molar-refractivity contribution in [1.29, 1.82) is 0 Å². The summed E-state index contributed by atoms with van der Waals surface area (Å²) in [6.07, 6.45) is 73.4. The van der Waals surface area contributed by atoms with Crippen LogP contribution in [0, 0.1) is 0 Å². The predicted molar refractivity (Wildman–Crippen MR) is 281 cm³/mol. The van der Waals surface area contributed by atoms with Crippen LogP contribution in [-0.4, -0.2) is 34.9 Å². The minimum absolute atomic E-state index is 0.0276. The van der Waals surface area contributed by atoms with Gasteiger partial charge in [-0.25, -0.2) is 0 Å². The normalized spacial score (nSPS) is 12.9. The third kappa shape index (κ3) is 51.7. The molecule has 0 aliphatic carbocycles. The van der Waals surface area contributed by atoms with Crippen LogP contribution in [0.2, 0.25) is 0 Å². The summed E-state index contributed by atoms with van der Waals surface area (Å²) in [7, 11) is 0. The molecule has 0 aromatic rings. The van der Waals surface area contributed by atoms with E-state index < -0.39 is 12.1 Å². The molecular weight excluding hydrogens is 771 g/mol. The highest BCUT2D eigenvalue weighted by molar-refractivity contribution is 5.76. The molecule has 3 N–H and O–H groups in total. The summed E-state index contributed by atoms with van der Waals surface area (Å²) in [5.74, 6) is -0.0276. The van der Waals surface area contributed by atoms with Crippen LogP contribution in [0.15, 0.2) is 24.3 Å². The van der Waals surface area contributed by atoms with Crippen LogP contribution in [0.1, 0.15) is 328 Å². The maximum absolute atomic E-state index is 12.4. The first kappa shape index (κ1) is 61.9. The number of carbonyl (C=O) groups is 1. The number of hydrogen-bond donors (Lipinski definition) is 3. The van der Waals surface area contributed by atoms with Gasteiger partial charge in [0.2, 0.25) is 5.91 Å². The number of nitrogens with one attached hydrogen (secondary N) is 1. The summed E-state index contributed by atoms with van der Waals surface area (Å²) in [6, 6.07) is -0.533. The van der Waals surface area contributed by atoms with Gasteiger partial charge in [-0.1, -0.05) is 301 Å². The topological polar surface area (TPSA) is 69.6 Å². The maximum atomic E-state index is 12.4. The summed E-state index contributed by atoms with van der Waals surface area (Å²) in [6.45, 7) is 4.38. The summed E-state index contributed by atoms with van der Waals surface area (Å²) >= 11 is 0. The number of allylic oxidation sites excluding steroid dienone is 4. The van der Waals surface area contributed by atoms with Crippen molar-refractivity contribution in [2.24, 2.45) is 0 Å². The Kier molecular flexibility index (Phi) is 54.2. The number of aliphatic hydroxyl groups excluding tert-OH is 2. The highest BCUT2D eigenvalue weighted by atomic mass is 16.3. The second-order valence-corrected chi connectivity index (χ2v) is 20.1. The molecule has 0 saturated heterocycles. The highest BCUT2D eigenvalue weighted by Crippen LogP contribution is 2.18. The Morgan fingerprint density at radius 1 is 0.381 bits per heavy atom. The number of rotatable bonds is 54. The van der Waals surface area contributed by atoms with Crippen LogP contribution in [0.25, 0.3) is 0 Å². The first-order valence-corrected chi connectivity index (χ1v) is 29.0. The Morgan fingerprint density at radius 3 is 0.952 bits per heavy atom. The third-order valence-electron chi connectivity index (χ3n) is 13.7. The van der Waals surface area contributed by atoms with Gasteiger partial charge in [0.1, 0.15) is 0 Å². The molecule has 0 aromatic carbocycles. The van der Waals surface area contributed by atoms with Crippen molar-refractivity contribution >= 4 is 5.91 Å². The Labute approximate surface area is 396 Å². The van der Waals surface area contributed by atoms with Crippen molar-refractivity contribution in [3.05, 3.63) is 24.3 Å². The zero-order chi connectivity index (χ0) is 45.6. The largest absolute Gasteiger partial charge is 0.394 e. The quantitative estimate of drug-likeness (QED) is 0.0421. The molecule has 2 unspecified atom stereocenters. The monoisotopic (exact) mass is 886 g/mol. The first-order chi connectivity index (χ1) is 31.2. The lowest BCUT2D eigenvalue weighted by molar-refractivity contribution is -0.123. The first-order valence-electron chi connectivity index (χ1n) is 29.0. The molecule has 0 aliphatic heterocycles. The van der Waals surface area contributed by atoms with Crippen molar-refractivity contribution in [2.45, 2.75) is 341 Å². The molecule has 0 aliphatic rings. The number of unbranched alkanes of at least 4 members (excludes halogenated alkanes) is 43. The lowest BCUT2D eigenvalue weighted by Crippen LogP contribution is -2.45. The number of carbonyl (C=O) groups excluding carboxylic acids is 1. The summed E-state index contributed by atoms with van der Waals surface area (Å²) < 4.78 is 0. The lowest BCUT2D eigenvalue weighted by atomic mass is 10.0. The van der Waals surface area contributed by atoms with Gasteiger partial charge in [-0.15, -0.1) is 0 Å². The van der Waals surface area contributed by atoms with Crippen molar-refractivity contribution in [2.75, 3.05) is 6.61 Å². The predicted octanol–water partition coefficient (Wildman–Crippen LogP) is 19.1. The van der Waals surface area contributed by atoms with Gasteiger partial charge in [0.15, 0.2) is 0 Å². The smallest absolute Gasteiger partial charge is 0.220 e. The molecule has 0 heterocycles. The molecule has 63 heavy (non-hydrogen) atoms. The van der Waals surface area contributed by atoms with Gasteiger partial charge in [-0.3, -0.25) is 4.79 Å². The molecule has 4 heteroatoms. The maximum Gasteiger partial charge on any atom is 0.220 e. The van der Waals surface area contributed by atoms with E-state index in [0.29, 0.717) is 12.8 Å². The number of hydrogen-bond acceptors (Lipinski definition) is 3. The fourth-order valence-electron chi connectivity index (χ4n) is 9.28. The summed E-state index contributed by atoms with van der Waals surface area (Å²) in [4.78, 5) is 12.4. The van der Waals surface area contributed by atoms with E-state index in [-0.39, 0.29) is 12.5 Å². The van der Waals surface area contributed by atoms with Crippen LogP contribution in [0.4, 0.5) is 0 Å². The van der Waals surface area contributed by atoms with E-state index in [9.17, 15) is 15.0 Å². The molecule has 374 valence electrons. The van der Waals surface area contributed by atoms with E-state index in [1.54, 1.807) is 0 Å². The number of aliphatic hydroxyl groups is 2. The zero-order valence-corrected chi connectivity index (χ0v) is 43.1. The molecule has 1 amide bonds. The third-order valence-corrected chi connectivity index (χ3v) is 13.7.